The highest BCUT2D eigenvalue weighted by Crippen LogP contribution is 2.40. The number of nitrogens with zero attached hydrogens (tertiary/aromatic N) is 1. The van der Waals surface area contributed by atoms with Crippen molar-refractivity contribution in [3.8, 4) is 11.5 Å². The molecule has 0 bridgehead atoms. The van der Waals surface area contributed by atoms with Crippen LogP contribution in [0.4, 0.5) is 10.5 Å². The van der Waals surface area contributed by atoms with E-state index in [4.69, 9.17) is 9.47 Å². The maximum atomic E-state index is 13.2. The third kappa shape index (κ3) is 5.10. The number of rotatable bonds is 8. The number of nitrogens with one attached hydrogen (secondary N) is 1. The van der Waals surface area contributed by atoms with Crippen molar-refractivity contribution in [3.63, 3.8) is 0 Å². The van der Waals surface area contributed by atoms with Gasteiger partial charge in [-0.3, -0.25) is 4.79 Å². The lowest BCUT2D eigenvalue weighted by Crippen LogP contribution is -2.43. The number of ether oxygens (including phenoxy) is 2. The lowest BCUT2D eigenvalue weighted by atomic mass is 9.90. The zero-order valence-electron chi connectivity index (χ0n) is 18.3. The summed E-state index contributed by atoms with van der Waals surface area (Å²) in [6.07, 6.45) is 1.21. The van der Waals surface area contributed by atoms with Gasteiger partial charge in [0.15, 0.2) is 11.5 Å². The van der Waals surface area contributed by atoms with E-state index in [-0.39, 0.29) is 12.5 Å². The highest BCUT2D eigenvalue weighted by Gasteiger charge is 2.34. The molecular formula is C24H30N2O5. The number of carbonyl (C=O) groups is 2. The zero-order valence-corrected chi connectivity index (χ0v) is 18.3. The van der Waals surface area contributed by atoms with E-state index >= 15 is 0 Å². The van der Waals surface area contributed by atoms with Gasteiger partial charge in [0.2, 0.25) is 0 Å². The number of amides is 2. The Morgan fingerprint density at radius 1 is 1.10 bits per heavy atom. The molecule has 0 aromatic heterocycles. The lowest BCUT2D eigenvalue weighted by molar-refractivity contribution is -0.138. The first kappa shape index (κ1) is 22.5. The molecule has 2 N–H and O–H groups in total. The van der Waals surface area contributed by atoms with E-state index in [9.17, 15) is 14.7 Å². The average Bonchev–Trinajstić information content (AvgIpc) is 2.75. The van der Waals surface area contributed by atoms with Crippen LogP contribution in [0.25, 0.3) is 0 Å². The predicted octanol–water partition coefficient (Wildman–Crippen LogP) is 4.65. The minimum Gasteiger partial charge on any atom is -0.490 e. The molecule has 2 amide bonds. The summed E-state index contributed by atoms with van der Waals surface area (Å²) >= 11 is 0. The number of hydrogen-bond acceptors (Lipinski definition) is 4. The summed E-state index contributed by atoms with van der Waals surface area (Å²) in [7, 11) is 0. The van der Waals surface area contributed by atoms with E-state index in [2.05, 4.69) is 5.32 Å². The molecule has 1 heterocycles. The molecule has 2 aromatic rings. The molecule has 1 unspecified atom stereocenters. The molecule has 0 aliphatic carbocycles. The maximum Gasteiger partial charge on any atom is 0.322 e. The highest BCUT2D eigenvalue weighted by molar-refractivity contribution is 5.91. The summed E-state index contributed by atoms with van der Waals surface area (Å²) < 4.78 is 11.5. The van der Waals surface area contributed by atoms with Crippen LogP contribution in [0.3, 0.4) is 0 Å². The number of para-hydroxylation sites is 1. The Morgan fingerprint density at radius 3 is 2.42 bits per heavy atom. The van der Waals surface area contributed by atoms with Gasteiger partial charge in [-0.2, -0.15) is 0 Å². The molecule has 0 spiro atoms. The molecule has 2 aromatic carbocycles. The Morgan fingerprint density at radius 2 is 1.77 bits per heavy atom. The summed E-state index contributed by atoms with van der Waals surface area (Å²) in [6.45, 7) is 7.20. The molecule has 0 radical (unpaired) electrons. The maximum absolute atomic E-state index is 13.2. The first-order chi connectivity index (χ1) is 15.0. The fourth-order valence-corrected chi connectivity index (χ4v) is 4.01. The van der Waals surface area contributed by atoms with Crippen LogP contribution in [0.1, 0.15) is 49.9 Å². The first-order valence-electron chi connectivity index (χ1n) is 10.8. The summed E-state index contributed by atoms with van der Waals surface area (Å²) in [4.78, 5) is 26.5. The molecular weight excluding hydrogens is 396 g/mol. The average molecular weight is 427 g/mol. The minimum absolute atomic E-state index is 0.185. The predicted molar refractivity (Wildman–Crippen MR) is 119 cm³/mol. The van der Waals surface area contributed by atoms with Crippen molar-refractivity contribution >= 4 is 17.7 Å². The fourth-order valence-electron chi connectivity index (χ4n) is 4.01. The fraction of sp³-hybridized carbons (Fsp3) is 0.417. The van der Waals surface area contributed by atoms with E-state index in [1.807, 2.05) is 57.2 Å². The van der Waals surface area contributed by atoms with Gasteiger partial charge >= 0.3 is 12.0 Å². The Bertz CT molecular complexity index is 944. The van der Waals surface area contributed by atoms with Crippen molar-refractivity contribution in [2.24, 2.45) is 0 Å². The highest BCUT2D eigenvalue weighted by atomic mass is 16.5. The van der Waals surface area contributed by atoms with Crippen LogP contribution in [-0.4, -0.2) is 41.8 Å². The number of hydrogen-bond donors (Lipinski definition) is 2. The standard InChI is InChI=1S/C24H30N2O5/c1-4-16-9-7-8-10-19(16)25-24(29)26-12-11-17-13-21(30-5-2)22(31-6-3)14-18(17)20(26)15-23(27)28/h7-10,13-14,20H,4-6,11-12,15H2,1-3H3,(H,25,29)(H,27,28). The van der Waals surface area contributed by atoms with Crippen LogP contribution in [0.5, 0.6) is 11.5 Å². The molecule has 166 valence electrons. The van der Waals surface area contributed by atoms with Crippen LogP contribution in [0.15, 0.2) is 36.4 Å². The Hall–Kier alpha value is -3.22. The topological polar surface area (TPSA) is 88.1 Å². The molecule has 3 rings (SSSR count). The summed E-state index contributed by atoms with van der Waals surface area (Å²) in [6, 6.07) is 10.5. The molecule has 31 heavy (non-hydrogen) atoms. The number of aryl methyl sites for hydroxylation is 1. The number of anilines is 1. The third-order valence-electron chi connectivity index (χ3n) is 5.43. The number of benzene rings is 2. The third-order valence-corrected chi connectivity index (χ3v) is 5.43. The van der Waals surface area contributed by atoms with Gasteiger partial charge in [-0.05, 0) is 61.6 Å². The van der Waals surface area contributed by atoms with E-state index in [1.165, 1.54) is 0 Å². The van der Waals surface area contributed by atoms with Crippen LogP contribution in [-0.2, 0) is 17.6 Å². The molecule has 7 nitrogen and oxygen atoms in total. The second kappa shape index (κ2) is 10.2. The number of fused-ring (bicyclic) bond motifs is 1. The van der Waals surface area contributed by atoms with Gasteiger partial charge in [-0.15, -0.1) is 0 Å². The lowest BCUT2D eigenvalue weighted by Gasteiger charge is -2.37. The first-order valence-corrected chi connectivity index (χ1v) is 10.8. The van der Waals surface area contributed by atoms with Gasteiger partial charge in [0.25, 0.3) is 0 Å². The van der Waals surface area contributed by atoms with Gasteiger partial charge in [0.05, 0.1) is 25.7 Å². The smallest absolute Gasteiger partial charge is 0.322 e. The largest absolute Gasteiger partial charge is 0.490 e. The van der Waals surface area contributed by atoms with Crippen molar-refractivity contribution in [2.45, 2.75) is 46.1 Å². The Kier molecular flexibility index (Phi) is 7.39. The van der Waals surface area contributed by atoms with Gasteiger partial charge in [0, 0.05) is 12.2 Å². The molecule has 0 saturated carbocycles. The summed E-state index contributed by atoms with van der Waals surface area (Å²) in [5.74, 6) is 0.250. The SMILES string of the molecule is CCOc1cc2c(cc1OCC)C(CC(=O)O)N(C(=O)Nc1ccccc1CC)CC2. The summed E-state index contributed by atoms with van der Waals surface area (Å²) in [5, 5.41) is 12.5. The molecule has 1 atom stereocenters. The van der Waals surface area contributed by atoms with Crippen molar-refractivity contribution in [1.82, 2.24) is 4.90 Å². The van der Waals surface area contributed by atoms with E-state index in [0.29, 0.717) is 37.7 Å². The van der Waals surface area contributed by atoms with Gasteiger partial charge in [0.1, 0.15) is 0 Å². The number of carboxylic acids is 1. The molecule has 0 fully saturated rings. The molecule has 1 aliphatic rings. The second-order valence-electron chi connectivity index (χ2n) is 7.36. The minimum atomic E-state index is -0.962. The monoisotopic (exact) mass is 426 g/mol. The van der Waals surface area contributed by atoms with Crippen LogP contribution in [0.2, 0.25) is 0 Å². The van der Waals surface area contributed by atoms with Gasteiger partial charge < -0.3 is 24.8 Å². The quantitative estimate of drug-likeness (QED) is 0.641. The van der Waals surface area contributed by atoms with Crippen LogP contribution in [0, 0.1) is 0 Å². The van der Waals surface area contributed by atoms with Gasteiger partial charge in [-0.1, -0.05) is 25.1 Å². The van der Waals surface area contributed by atoms with Crippen molar-refractivity contribution in [1.29, 1.82) is 0 Å². The van der Waals surface area contributed by atoms with Gasteiger partial charge in [-0.25, -0.2) is 4.79 Å². The molecule has 7 heteroatoms. The Balaban J connectivity index is 1.95. The van der Waals surface area contributed by atoms with Crippen molar-refractivity contribution < 1.29 is 24.2 Å². The zero-order chi connectivity index (χ0) is 22.4. The van der Waals surface area contributed by atoms with Crippen LogP contribution >= 0.6 is 0 Å². The number of aliphatic carboxylic acids is 1. The Labute approximate surface area is 183 Å². The van der Waals surface area contributed by atoms with E-state index < -0.39 is 12.0 Å². The van der Waals surface area contributed by atoms with E-state index in [0.717, 1.165) is 28.8 Å². The number of carboxylic acid groups (broad SMARTS) is 1. The van der Waals surface area contributed by atoms with Crippen LogP contribution < -0.4 is 14.8 Å². The number of carbonyl (C=O) groups excluding carboxylic acids is 1. The van der Waals surface area contributed by atoms with Crippen molar-refractivity contribution in [2.75, 3.05) is 25.1 Å². The number of urea groups is 1. The summed E-state index contributed by atoms with van der Waals surface area (Å²) in [5.41, 5.74) is 3.55. The van der Waals surface area contributed by atoms with E-state index in [1.54, 1.807) is 4.90 Å². The van der Waals surface area contributed by atoms with Crippen molar-refractivity contribution in [3.05, 3.63) is 53.1 Å². The second-order valence-corrected chi connectivity index (χ2v) is 7.36. The normalized spacial score (nSPS) is 15.2. The molecule has 1 aliphatic heterocycles. The molecule has 0 saturated heterocycles.